The summed E-state index contributed by atoms with van der Waals surface area (Å²) in [6.45, 7) is 2.91. The van der Waals surface area contributed by atoms with Crippen LogP contribution in [-0.4, -0.2) is 27.7 Å². The summed E-state index contributed by atoms with van der Waals surface area (Å²) in [5.74, 6) is -15.8. The first-order chi connectivity index (χ1) is 16.5. The Hall–Kier alpha value is -2.98. The lowest BCUT2D eigenvalue weighted by Gasteiger charge is -2.25. The van der Waals surface area contributed by atoms with Crippen molar-refractivity contribution in [2.75, 3.05) is 0 Å². The molecule has 0 bridgehead atoms. The molecule has 5 rings (SSSR count). The number of allylic oxidation sites excluding steroid dienone is 2. The van der Waals surface area contributed by atoms with Crippen LogP contribution < -0.4 is 0 Å². The fourth-order valence-corrected chi connectivity index (χ4v) is 6.64. The van der Waals surface area contributed by atoms with Crippen LogP contribution >= 0.6 is 22.7 Å². The van der Waals surface area contributed by atoms with Gasteiger partial charge in [0, 0.05) is 44.3 Å². The molecule has 0 aromatic carbocycles. The number of halogens is 6. The van der Waals surface area contributed by atoms with Crippen molar-refractivity contribution in [3.63, 3.8) is 0 Å². The van der Waals surface area contributed by atoms with Gasteiger partial charge in [0.05, 0.1) is 11.1 Å². The van der Waals surface area contributed by atoms with Gasteiger partial charge in [-0.05, 0) is 72.5 Å². The van der Waals surface area contributed by atoms with Crippen LogP contribution in [-0.2, 0) is 0 Å². The van der Waals surface area contributed by atoms with Gasteiger partial charge in [0.2, 0.25) is 0 Å². The molecule has 0 saturated heterocycles. The quantitative estimate of drug-likeness (QED) is 0.252. The van der Waals surface area contributed by atoms with Gasteiger partial charge in [0.25, 0.3) is 0 Å². The third kappa shape index (κ3) is 3.45. The van der Waals surface area contributed by atoms with Gasteiger partial charge in [0.15, 0.2) is 0 Å². The van der Waals surface area contributed by atoms with Gasteiger partial charge in [-0.25, -0.2) is 0 Å². The second kappa shape index (κ2) is 8.03. The number of aryl methyl sites for hydroxylation is 2. The maximum atomic E-state index is 15.3. The minimum Gasteiger partial charge on any atom is -0.265 e. The van der Waals surface area contributed by atoms with Crippen LogP contribution in [0.25, 0.3) is 32.0 Å². The van der Waals surface area contributed by atoms with Gasteiger partial charge >= 0.3 is 17.8 Å². The zero-order valence-corrected chi connectivity index (χ0v) is 19.9. The lowest BCUT2D eigenvalue weighted by atomic mass is 10.0. The zero-order valence-electron chi connectivity index (χ0n) is 18.3. The van der Waals surface area contributed by atoms with Crippen molar-refractivity contribution in [1.29, 1.82) is 0 Å². The summed E-state index contributed by atoms with van der Waals surface area (Å²) in [6, 6.07) is 9.59. The molecule has 35 heavy (non-hydrogen) atoms. The fraction of sp³-hybridized carbons (Fsp3) is 0.200. The summed E-state index contributed by atoms with van der Waals surface area (Å²) in [6.07, 6.45) is 5.99. The van der Waals surface area contributed by atoms with E-state index in [1.165, 1.54) is 50.8 Å². The van der Waals surface area contributed by atoms with Crippen molar-refractivity contribution in [1.82, 2.24) is 9.97 Å². The molecule has 4 aromatic heterocycles. The number of thiophene rings is 2. The monoisotopic (exact) mass is 522 g/mol. The number of hydrogen-bond acceptors (Lipinski definition) is 4. The lowest BCUT2D eigenvalue weighted by molar-refractivity contribution is -0.254. The van der Waals surface area contributed by atoms with E-state index < -0.39 is 28.9 Å². The molecule has 0 fully saturated rings. The molecule has 180 valence electrons. The van der Waals surface area contributed by atoms with Gasteiger partial charge < -0.3 is 0 Å². The minimum atomic E-state index is -5.59. The first kappa shape index (κ1) is 23.7. The summed E-state index contributed by atoms with van der Waals surface area (Å²) < 4.78 is 90.5. The molecule has 1 aliphatic carbocycles. The average Bonchev–Trinajstić information content (AvgIpc) is 3.42. The van der Waals surface area contributed by atoms with E-state index in [4.69, 9.17) is 0 Å². The Kier molecular flexibility index (Phi) is 5.45. The Morgan fingerprint density at radius 3 is 1.29 bits per heavy atom. The second-order valence-electron chi connectivity index (χ2n) is 8.19. The number of alkyl halides is 6. The molecular formula is C25H16F6N2S2. The van der Waals surface area contributed by atoms with Gasteiger partial charge in [-0.2, -0.15) is 26.3 Å². The number of pyridine rings is 2. The number of nitrogens with zero attached hydrogens (tertiary/aromatic N) is 2. The average molecular weight is 523 g/mol. The minimum absolute atomic E-state index is 0.214. The lowest BCUT2D eigenvalue weighted by Crippen LogP contribution is -2.48. The molecule has 0 radical (unpaired) electrons. The summed E-state index contributed by atoms with van der Waals surface area (Å²) in [4.78, 5) is 8.21. The SMILES string of the molecule is Cc1cc(-c2ccncc2)sc1C1=C(c2sc(-c3ccncc3)cc2C)C(F)(F)C(F)(F)C1(F)F. The van der Waals surface area contributed by atoms with Crippen LogP contribution in [0.1, 0.15) is 20.9 Å². The number of rotatable bonds is 4. The third-order valence-corrected chi connectivity index (χ3v) is 8.49. The summed E-state index contributed by atoms with van der Waals surface area (Å²) in [7, 11) is 0. The van der Waals surface area contributed by atoms with Crippen molar-refractivity contribution in [2.45, 2.75) is 31.6 Å². The van der Waals surface area contributed by atoms with Gasteiger partial charge in [-0.15, -0.1) is 22.7 Å². The van der Waals surface area contributed by atoms with Crippen LogP contribution in [0, 0.1) is 13.8 Å². The molecule has 2 nitrogen and oxygen atoms in total. The molecule has 0 atom stereocenters. The highest BCUT2D eigenvalue weighted by Crippen LogP contribution is 2.66. The zero-order chi connectivity index (χ0) is 25.2. The van der Waals surface area contributed by atoms with Crippen molar-refractivity contribution in [3.05, 3.63) is 82.1 Å². The molecule has 4 heterocycles. The molecule has 0 saturated carbocycles. The molecule has 4 aromatic rings. The summed E-state index contributed by atoms with van der Waals surface area (Å²) in [5, 5.41) is 0. The normalized spacial score (nSPS) is 18.3. The van der Waals surface area contributed by atoms with E-state index >= 15 is 17.6 Å². The Morgan fingerprint density at radius 1 is 0.600 bits per heavy atom. The second-order valence-corrected chi connectivity index (χ2v) is 10.3. The van der Waals surface area contributed by atoms with E-state index in [0.717, 1.165) is 22.7 Å². The van der Waals surface area contributed by atoms with Crippen LogP contribution in [0.3, 0.4) is 0 Å². The molecule has 0 aliphatic heterocycles. The van der Waals surface area contributed by atoms with Crippen LogP contribution in [0.4, 0.5) is 26.3 Å². The van der Waals surface area contributed by atoms with Gasteiger partial charge in [-0.3, -0.25) is 9.97 Å². The number of aromatic nitrogens is 2. The van der Waals surface area contributed by atoms with Gasteiger partial charge in [-0.1, -0.05) is 0 Å². The maximum Gasteiger partial charge on any atom is 0.380 e. The smallest absolute Gasteiger partial charge is 0.265 e. The topological polar surface area (TPSA) is 25.8 Å². The highest BCUT2D eigenvalue weighted by molar-refractivity contribution is 7.18. The van der Waals surface area contributed by atoms with Gasteiger partial charge in [0.1, 0.15) is 0 Å². The van der Waals surface area contributed by atoms with Crippen molar-refractivity contribution >= 4 is 33.8 Å². The summed E-state index contributed by atoms with van der Waals surface area (Å²) >= 11 is 1.57. The maximum absolute atomic E-state index is 15.3. The highest BCUT2D eigenvalue weighted by Gasteiger charge is 2.80. The molecule has 1 aliphatic rings. The van der Waals surface area contributed by atoms with Crippen molar-refractivity contribution in [2.24, 2.45) is 0 Å². The Bertz CT molecular complexity index is 1330. The predicted octanol–water partition coefficient (Wildman–Crippen LogP) is 8.38. The Balaban J connectivity index is 1.78. The van der Waals surface area contributed by atoms with Crippen molar-refractivity contribution < 1.29 is 26.3 Å². The van der Waals surface area contributed by atoms with Crippen molar-refractivity contribution in [3.8, 4) is 20.9 Å². The van der Waals surface area contributed by atoms with E-state index in [-0.39, 0.29) is 20.9 Å². The van der Waals surface area contributed by atoms with Crippen LogP contribution in [0.5, 0.6) is 0 Å². The molecule has 0 amide bonds. The molecule has 0 N–H and O–H groups in total. The molecular weight excluding hydrogens is 506 g/mol. The predicted molar refractivity (Wildman–Crippen MR) is 126 cm³/mol. The first-order valence-corrected chi connectivity index (χ1v) is 12.0. The third-order valence-electron chi connectivity index (χ3n) is 5.89. The molecule has 0 spiro atoms. The standard InChI is InChI=1S/C25H16F6N2S2/c1-13-11-17(15-3-7-32-8-4-15)34-21(13)19-20(24(28,29)25(30,31)23(19,26)27)22-14(2)12-18(35-22)16-5-9-33-10-6-16/h3-12H,1-2H3. The van der Waals surface area contributed by atoms with E-state index in [0.29, 0.717) is 20.9 Å². The largest absolute Gasteiger partial charge is 0.380 e. The summed E-state index contributed by atoms with van der Waals surface area (Å²) in [5.41, 5.74) is -0.970. The fourth-order valence-electron chi connectivity index (χ4n) is 4.11. The van der Waals surface area contributed by atoms with E-state index in [9.17, 15) is 8.78 Å². The Labute approximate surface area is 204 Å². The van der Waals surface area contributed by atoms with E-state index in [1.54, 1.807) is 24.3 Å². The number of hydrogen-bond donors (Lipinski definition) is 0. The molecule has 0 unspecified atom stereocenters. The van der Waals surface area contributed by atoms with Crippen LogP contribution in [0.2, 0.25) is 0 Å². The van der Waals surface area contributed by atoms with E-state index in [2.05, 4.69) is 9.97 Å². The first-order valence-electron chi connectivity index (χ1n) is 10.4. The Morgan fingerprint density at radius 2 is 0.943 bits per heavy atom. The van der Waals surface area contributed by atoms with E-state index in [1.807, 2.05) is 0 Å². The highest BCUT2D eigenvalue weighted by atomic mass is 32.1. The van der Waals surface area contributed by atoms with Crippen LogP contribution in [0.15, 0.2) is 61.2 Å². The molecule has 10 heteroatoms.